The second kappa shape index (κ2) is 10.1. The molecule has 0 amide bonds. The van der Waals surface area contributed by atoms with Crippen LogP contribution < -0.4 is 24.8 Å². The Morgan fingerprint density at radius 2 is 2.12 bits per heavy atom. The molecule has 1 aromatic heterocycles. The van der Waals surface area contributed by atoms with Crippen molar-refractivity contribution in [2.24, 2.45) is 12.0 Å². The summed E-state index contributed by atoms with van der Waals surface area (Å²) in [7, 11) is 1.91. The average Bonchev–Trinajstić information content (AvgIpc) is 3.24. The number of guanidine groups is 1. The molecule has 2 aromatic rings. The Morgan fingerprint density at radius 3 is 2.88 bits per heavy atom. The van der Waals surface area contributed by atoms with Gasteiger partial charge in [-0.05, 0) is 25.1 Å². The van der Waals surface area contributed by atoms with Crippen molar-refractivity contribution in [3.63, 3.8) is 0 Å². The van der Waals surface area contributed by atoms with Gasteiger partial charge in [0, 0.05) is 25.9 Å². The van der Waals surface area contributed by atoms with Gasteiger partial charge in [0.05, 0.1) is 18.8 Å². The van der Waals surface area contributed by atoms with E-state index in [1.54, 1.807) is 6.20 Å². The van der Waals surface area contributed by atoms with Gasteiger partial charge in [-0.1, -0.05) is 0 Å². The van der Waals surface area contributed by atoms with Gasteiger partial charge in [-0.3, -0.25) is 4.68 Å². The molecule has 0 saturated heterocycles. The molecular formula is C17H24IN5O3. The van der Waals surface area contributed by atoms with Crippen molar-refractivity contribution in [1.29, 1.82) is 0 Å². The van der Waals surface area contributed by atoms with Gasteiger partial charge in [0.2, 0.25) is 6.79 Å². The Hall–Kier alpha value is -2.17. The molecule has 0 fully saturated rings. The number of aryl methyl sites for hydroxylation is 1. The summed E-state index contributed by atoms with van der Waals surface area (Å²) in [5.41, 5.74) is 1.05. The van der Waals surface area contributed by atoms with E-state index in [-0.39, 0.29) is 30.8 Å². The van der Waals surface area contributed by atoms with Crippen molar-refractivity contribution in [2.75, 3.05) is 26.5 Å². The zero-order valence-corrected chi connectivity index (χ0v) is 17.2. The molecule has 142 valence electrons. The maximum absolute atomic E-state index is 5.73. The molecule has 3 rings (SSSR count). The molecule has 1 aliphatic rings. The molecule has 26 heavy (non-hydrogen) atoms. The van der Waals surface area contributed by atoms with E-state index in [0.29, 0.717) is 19.7 Å². The Labute approximate surface area is 169 Å². The third-order valence-corrected chi connectivity index (χ3v) is 3.67. The molecule has 0 spiro atoms. The standard InChI is InChI=1S/C17H23N5O3.HI/c1-3-18-17(20-11-13-6-7-21-22(13)2)19-8-9-23-14-4-5-15-16(10-14)25-12-24-15;/h4-7,10H,3,8-9,11-12H2,1-2H3,(H2,18,19,20);1H. The third-order valence-electron chi connectivity index (χ3n) is 3.67. The lowest BCUT2D eigenvalue weighted by Crippen LogP contribution is -2.39. The molecule has 1 aliphatic heterocycles. The smallest absolute Gasteiger partial charge is 0.231 e. The minimum Gasteiger partial charge on any atom is -0.492 e. The maximum Gasteiger partial charge on any atom is 0.231 e. The normalized spacial score (nSPS) is 12.5. The molecule has 0 atom stereocenters. The van der Waals surface area contributed by atoms with Crippen molar-refractivity contribution in [3.05, 3.63) is 36.2 Å². The van der Waals surface area contributed by atoms with Gasteiger partial charge in [-0.2, -0.15) is 5.10 Å². The van der Waals surface area contributed by atoms with Crippen molar-refractivity contribution < 1.29 is 14.2 Å². The van der Waals surface area contributed by atoms with Crippen LogP contribution in [-0.4, -0.2) is 42.2 Å². The van der Waals surface area contributed by atoms with Gasteiger partial charge >= 0.3 is 0 Å². The van der Waals surface area contributed by atoms with Crippen molar-refractivity contribution >= 4 is 29.9 Å². The van der Waals surface area contributed by atoms with Gasteiger partial charge in [0.1, 0.15) is 12.4 Å². The largest absolute Gasteiger partial charge is 0.492 e. The quantitative estimate of drug-likeness (QED) is 0.277. The topological polar surface area (TPSA) is 81.9 Å². The van der Waals surface area contributed by atoms with Gasteiger partial charge in [-0.25, -0.2) is 4.99 Å². The molecule has 0 unspecified atom stereocenters. The fraction of sp³-hybridized carbons (Fsp3) is 0.412. The summed E-state index contributed by atoms with van der Waals surface area (Å²) >= 11 is 0. The number of rotatable bonds is 7. The van der Waals surface area contributed by atoms with Crippen LogP contribution in [0.5, 0.6) is 17.2 Å². The number of hydrogen-bond donors (Lipinski definition) is 2. The number of aromatic nitrogens is 2. The first kappa shape index (κ1) is 20.1. The zero-order valence-electron chi connectivity index (χ0n) is 14.9. The molecule has 9 heteroatoms. The Bertz CT molecular complexity index is 735. The van der Waals surface area contributed by atoms with Gasteiger partial charge in [0.25, 0.3) is 0 Å². The first-order valence-electron chi connectivity index (χ1n) is 8.28. The zero-order chi connectivity index (χ0) is 17.5. The molecule has 0 saturated carbocycles. The van der Waals surface area contributed by atoms with Gasteiger partial charge in [-0.15, -0.1) is 24.0 Å². The van der Waals surface area contributed by atoms with Crippen LogP contribution in [0.25, 0.3) is 0 Å². The number of nitrogens with zero attached hydrogens (tertiary/aromatic N) is 3. The SMILES string of the molecule is CCNC(=NCc1ccnn1C)NCCOc1ccc2c(c1)OCO2.I. The van der Waals surface area contributed by atoms with Crippen LogP contribution in [0.1, 0.15) is 12.6 Å². The average molecular weight is 473 g/mol. The summed E-state index contributed by atoms with van der Waals surface area (Å²) in [6, 6.07) is 7.51. The van der Waals surface area contributed by atoms with E-state index in [1.807, 2.05) is 42.9 Å². The summed E-state index contributed by atoms with van der Waals surface area (Å²) in [5, 5.41) is 10.6. The maximum atomic E-state index is 5.73. The fourth-order valence-electron chi connectivity index (χ4n) is 2.36. The summed E-state index contributed by atoms with van der Waals surface area (Å²) < 4.78 is 18.2. The van der Waals surface area contributed by atoms with Crippen molar-refractivity contribution in [1.82, 2.24) is 20.4 Å². The summed E-state index contributed by atoms with van der Waals surface area (Å²) in [5.74, 6) is 2.97. The number of halogens is 1. The van der Waals surface area contributed by atoms with Crippen LogP contribution in [0.4, 0.5) is 0 Å². The minimum atomic E-state index is 0. The Balaban J connectivity index is 0.00000243. The van der Waals surface area contributed by atoms with Crippen LogP contribution in [-0.2, 0) is 13.6 Å². The molecule has 0 aliphatic carbocycles. The number of fused-ring (bicyclic) bond motifs is 1. The number of aliphatic imine (C=N–C) groups is 1. The lowest BCUT2D eigenvalue weighted by molar-refractivity contribution is 0.173. The van der Waals surface area contributed by atoms with Crippen LogP contribution in [0, 0.1) is 0 Å². The number of ether oxygens (including phenoxy) is 3. The Morgan fingerprint density at radius 1 is 1.27 bits per heavy atom. The summed E-state index contributed by atoms with van der Waals surface area (Å²) in [6.45, 7) is 4.79. The monoisotopic (exact) mass is 473 g/mol. The second-order valence-electron chi connectivity index (χ2n) is 5.43. The lowest BCUT2D eigenvalue weighted by atomic mass is 10.3. The van der Waals surface area contributed by atoms with E-state index < -0.39 is 0 Å². The van der Waals surface area contributed by atoms with Crippen LogP contribution in [0.3, 0.4) is 0 Å². The number of benzene rings is 1. The summed E-state index contributed by atoms with van der Waals surface area (Å²) in [4.78, 5) is 4.55. The molecule has 1 aromatic carbocycles. The molecule has 2 heterocycles. The van der Waals surface area contributed by atoms with E-state index in [2.05, 4.69) is 20.7 Å². The second-order valence-corrected chi connectivity index (χ2v) is 5.43. The minimum absolute atomic E-state index is 0. The van der Waals surface area contributed by atoms with E-state index in [9.17, 15) is 0 Å². The van der Waals surface area contributed by atoms with Gasteiger partial charge in [0.15, 0.2) is 17.5 Å². The number of nitrogens with one attached hydrogen (secondary N) is 2. The van der Waals surface area contributed by atoms with Gasteiger partial charge < -0.3 is 24.8 Å². The lowest BCUT2D eigenvalue weighted by Gasteiger charge is -2.12. The van der Waals surface area contributed by atoms with E-state index in [0.717, 1.165) is 35.4 Å². The molecule has 8 nitrogen and oxygen atoms in total. The molecule has 0 bridgehead atoms. The van der Waals surface area contributed by atoms with Crippen LogP contribution >= 0.6 is 24.0 Å². The highest BCUT2D eigenvalue weighted by Gasteiger charge is 2.13. The fourth-order valence-corrected chi connectivity index (χ4v) is 2.36. The number of hydrogen-bond acceptors (Lipinski definition) is 5. The van der Waals surface area contributed by atoms with Crippen LogP contribution in [0.15, 0.2) is 35.5 Å². The first-order chi connectivity index (χ1) is 12.3. The predicted molar refractivity (Wildman–Crippen MR) is 110 cm³/mol. The molecular weight excluding hydrogens is 449 g/mol. The highest BCUT2D eigenvalue weighted by Crippen LogP contribution is 2.34. The van der Waals surface area contributed by atoms with E-state index in [1.165, 1.54) is 0 Å². The highest BCUT2D eigenvalue weighted by molar-refractivity contribution is 14.0. The van der Waals surface area contributed by atoms with Crippen LogP contribution in [0.2, 0.25) is 0 Å². The molecule has 0 radical (unpaired) electrons. The van der Waals surface area contributed by atoms with E-state index in [4.69, 9.17) is 14.2 Å². The van der Waals surface area contributed by atoms with Crippen molar-refractivity contribution in [2.45, 2.75) is 13.5 Å². The Kier molecular flexibility index (Phi) is 7.82. The van der Waals surface area contributed by atoms with Crippen molar-refractivity contribution in [3.8, 4) is 17.2 Å². The van der Waals surface area contributed by atoms with E-state index >= 15 is 0 Å². The summed E-state index contributed by atoms with van der Waals surface area (Å²) in [6.07, 6.45) is 1.77. The third kappa shape index (κ3) is 5.41. The first-order valence-corrected chi connectivity index (χ1v) is 8.28. The predicted octanol–water partition coefficient (Wildman–Crippen LogP) is 1.90. The molecule has 2 N–H and O–H groups in total. The highest BCUT2D eigenvalue weighted by atomic mass is 127.